The Morgan fingerprint density at radius 2 is 2.00 bits per heavy atom. The van der Waals surface area contributed by atoms with E-state index in [4.69, 9.17) is 9.94 Å². The molecule has 2 heterocycles. The quantitative estimate of drug-likeness (QED) is 0.462. The predicted molar refractivity (Wildman–Crippen MR) is 113 cm³/mol. The second kappa shape index (κ2) is 8.42. The average Bonchev–Trinajstić information content (AvgIpc) is 2.75. The zero-order valence-corrected chi connectivity index (χ0v) is 17.1. The first-order valence-corrected chi connectivity index (χ1v) is 10.2. The van der Waals surface area contributed by atoms with E-state index in [1.165, 1.54) is 17.2 Å². The molecule has 0 aromatic heterocycles. The van der Waals surface area contributed by atoms with Gasteiger partial charge in [0.25, 0.3) is 5.91 Å². The molecule has 1 fully saturated rings. The van der Waals surface area contributed by atoms with Crippen molar-refractivity contribution >= 4 is 17.8 Å². The third-order valence-corrected chi connectivity index (χ3v) is 6.07. The molecule has 0 bridgehead atoms. The largest absolute Gasteiger partial charge is 0.486 e. The van der Waals surface area contributed by atoms with Gasteiger partial charge in [-0.25, -0.2) is 5.48 Å². The van der Waals surface area contributed by atoms with Gasteiger partial charge >= 0.3 is 0 Å². The van der Waals surface area contributed by atoms with Gasteiger partial charge in [-0.2, -0.15) is 0 Å². The van der Waals surface area contributed by atoms with Gasteiger partial charge in [0.1, 0.15) is 11.4 Å². The number of nitrogens with zero attached hydrogens (tertiary/aromatic N) is 1. The number of amides is 1. The lowest BCUT2D eigenvalue weighted by molar-refractivity contribution is -0.124. The molecule has 4 rings (SSSR count). The standard InChI is InChI=1S/C24H26N2O4/c1-17-4-2-3-5-19(17)16-26-12-10-24(11-13-26)15-21(27)20-14-18(6-8-22(20)30-24)7-9-23(28)25-29/h2-9,14,29H,10-13,15-16H2,1H3,(H,25,28). The van der Waals surface area contributed by atoms with Crippen LogP contribution in [0.4, 0.5) is 0 Å². The molecule has 0 radical (unpaired) electrons. The fourth-order valence-electron chi connectivity index (χ4n) is 4.25. The molecule has 0 saturated carbocycles. The molecule has 2 aromatic carbocycles. The predicted octanol–water partition coefficient (Wildman–Crippen LogP) is 3.51. The van der Waals surface area contributed by atoms with Crippen LogP contribution in [0.25, 0.3) is 6.08 Å². The van der Waals surface area contributed by atoms with Crippen LogP contribution in [0, 0.1) is 6.92 Å². The van der Waals surface area contributed by atoms with Gasteiger partial charge in [0.2, 0.25) is 0 Å². The third-order valence-electron chi connectivity index (χ3n) is 6.07. The Bertz CT molecular complexity index is 990. The van der Waals surface area contributed by atoms with E-state index in [2.05, 4.69) is 36.1 Å². The van der Waals surface area contributed by atoms with Gasteiger partial charge in [0, 0.05) is 38.6 Å². The van der Waals surface area contributed by atoms with E-state index in [0.29, 0.717) is 23.3 Å². The summed E-state index contributed by atoms with van der Waals surface area (Å²) in [6.07, 6.45) is 4.78. The van der Waals surface area contributed by atoms with Crippen LogP contribution in [0.2, 0.25) is 0 Å². The molecule has 30 heavy (non-hydrogen) atoms. The molecule has 2 aliphatic heterocycles. The van der Waals surface area contributed by atoms with Crippen molar-refractivity contribution in [2.45, 2.75) is 38.3 Å². The van der Waals surface area contributed by atoms with Crippen LogP contribution in [-0.4, -0.2) is 40.5 Å². The fraction of sp³-hybridized carbons (Fsp3) is 0.333. The lowest BCUT2D eigenvalue weighted by atomic mass is 9.82. The second-order valence-corrected chi connectivity index (χ2v) is 8.15. The Morgan fingerprint density at radius 3 is 2.73 bits per heavy atom. The third kappa shape index (κ3) is 4.30. The summed E-state index contributed by atoms with van der Waals surface area (Å²) in [5.41, 5.74) is 5.02. The van der Waals surface area contributed by atoms with Gasteiger partial charge in [0.15, 0.2) is 5.78 Å². The van der Waals surface area contributed by atoms with Crippen molar-refractivity contribution in [1.82, 2.24) is 10.4 Å². The lowest BCUT2D eigenvalue weighted by Crippen LogP contribution is -2.50. The minimum absolute atomic E-state index is 0.0745. The number of Topliss-reactive ketones (excluding diaryl/α,β-unsaturated/α-hetero) is 1. The highest BCUT2D eigenvalue weighted by Gasteiger charge is 2.42. The van der Waals surface area contributed by atoms with Gasteiger partial charge in [-0.05, 0) is 41.8 Å². The van der Waals surface area contributed by atoms with Gasteiger partial charge < -0.3 is 4.74 Å². The maximum atomic E-state index is 12.9. The summed E-state index contributed by atoms with van der Waals surface area (Å²) < 4.78 is 6.36. The molecule has 156 valence electrons. The molecule has 0 unspecified atom stereocenters. The van der Waals surface area contributed by atoms with E-state index in [0.717, 1.165) is 32.5 Å². The first-order chi connectivity index (χ1) is 14.5. The number of likely N-dealkylation sites (tertiary alicyclic amines) is 1. The molecule has 6 heteroatoms. The number of aryl methyl sites for hydroxylation is 1. The highest BCUT2D eigenvalue weighted by molar-refractivity contribution is 6.01. The van der Waals surface area contributed by atoms with Gasteiger partial charge in [-0.15, -0.1) is 0 Å². The van der Waals surface area contributed by atoms with E-state index in [-0.39, 0.29) is 5.78 Å². The number of benzene rings is 2. The molecule has 0 aliphatic carbocycles. The monoisotopic (exact) mass is 406 g/mol. The molecule has 6 nitrogen and oxygen atoms in total. The van der Waals surface area contributed by atoms with Gasteiger partial charge in [-0.3, -0.25) is 19.7 Å². The van der Waals surface area contributed by atoms with Crippen LogP contribution in [0.5, 0.6) is 5.75 Å². The first kappa shape index (κ1) is 20.3. The summed E-state index contributed by atoms with van der Waals surface area (Å²) in [6, 6.07) is 13.8. The SMILES string of the molecule is Cc1ccccc1CN1CCC2(CC1)CC(=O)c1cc(C=CC(=O)NO)ccc1O2. The molecular weight excluding hydrogens is 380 g/mol. The van der Waals surface area contributed by atoms with E-state index < -0.39 is 11.5 Å². The summed E-state index contributed by atoms with van der Waals surface area (Å²) >= 11 is 0. The summed E-state index contributed by atoms with van der Waals surface area (Å²) in [7, 11) is 0. The van der Waals surface area contributed by atoms with Crippen LogP contribution >= 0.6 is 0 Å². The average molecular weight is 406 g/mol. The number of hydroxylamine groups is 1. The van der Waals surface area contributed by atoms with E-state index in [1.807, 2.05) is 0 Å². The number of fused-ring (bicyclic) bond motifs is 1. The zero-order chi connectivity index (χ0) is 21.1. The Balaban J connectivity index is 1.43. The second-order valence-electron chi connectivity index (χ2n) is 8.15. The number of piperidine rings is 1. The number of carbonyl (C=O) groups is 2. The Kier molecular flexibility index (Phi) is 5.70. The molecule has 2 aliphatic rings. The van der Waals surface area contributed by atoms with Crippen LogP contribution in [0.15, 0.2) is 48.5 Å². The topological polar surface area (TPSA) is 78.9 Å². The van der Waals surface area contributed by atoms with E-state index in [9.17, 15) is 9.59 Å². The lowest BCUT2D eigenvalue weighted by Gasteiger charge is -2.44. The maximum Gasteiger partial charge on any atom is 0.267 e. The van der Waals surface area contributed by atoms with Crippen molar-refractivity contribution < 1.29 is 19.5 Å². The molecule has 1 saturated heterocycles. The van der Waals surface area contributed by atoms with Crippen molar-refractivity contribution in [2.75, 3.05) is 13.1 Å². The number of rotatable bonds is 4. The first-order valence-electron chi connectivity index (χ1n) is 10.2. The summed E-state index contributed by atoms with van der Waals surface area (Å²) in [5, 5.41) is 8.57. The van der Waals surface area contributed by atoms with Crippen LogP contribution in [0.1, 0.15) is 46.3 Å². The molecule has 2 N–H and O–H groups in total. The number of hydrogen-bond acceptors (Lipinski definition) is 5. The van der Waals surface area contributed by atoms with Crippen molar-refractivity contribution in [1.29, 1.82) is 0 Å². The Morgan fingerprint density at radius 1 is 1.23 bits per heavy atom. The summed E-state index contributed by atoms with van der Waals surface area (Å²) in [5.74, 6) is 0.0690. The highest BCUT2D eigenvalue weighted by atomic mass is 16.5. The molecule has 1 amide bonds. The number of nitrogens with one attached hydrogen (secondary N) is 1. The minimum Gasteiger partial charge on any atom is -0.486 e. The molecule has 1 spiro atoms. The summed E-state index contributed by atoms with van der Waals surface area (Å²) in [6.45, 7) is 4.85. The Hall–Kier alpha value is -2.96. The van der Waals surface area contributed by atoms with Crippen LogP contribution in [0.3, 0.4) is 0 Å². The summed E-state index contributed by atoms with van der Waals surface area (Å²) in [4.78, 5) is 26.5. The number of ether oxygens (including phenoxy) is 1. The van der Waals surface area contributed by atoms with E-state index in [1.54, 1.807) is 29.8 Å². The van der Waals surface area contributed by atoms with Crippen molar-refractivity contribution in [2.24, 2.45) is 0 Å². The normalized spacial score (nSPS) is 18.3. The van der Waals surface area contributed by atoms with Crippen molar-refractivity contribution in [3.8, 4) is 5.75 Å². The molecular formula is C24H26N2O4. The van der Waals surface area contributed by atoms with Crippen LogP contribution < -0.4 is 10.2 Å². The maximum absolute atomic E-state index is 12.9. The number of ketones is 1. The zero-order valence-electron chi connectivity index (χ0n) is 17.1. The van der Waals surface area contributed by atoms with E-state index >= 15 is 0 Å². The fourth-order valence-corrected chi connectivity index (χ4v) is 4.25. The minimum atomic E-state index is -0.619. The van der Waals surface area contributed by atoms with Crippen molar-refractivity contribution in [3.63, 3.8) is 0 Å². The number of carbonyl (C=O) groups excluding carboxylic acids is 2. The number of hydrogen-bond donors (Lipinski definition) is 2. The molecule has 0 atom stereocenters. The van der Waals surface area contributed by atoms with Crippen LogP contribution in [-0.2, 0) is 11.3 Å². The smallest absolute Gasteiger partial charge is 0.267 e. The van der Waals surface area contributed by atoms with Gasteiger partial charge in [-0.1, -0.05) is 30.3 Å². The van der Waals surface area contributed by atoms with Crippen molar-refractivity contribution in [3.05, 3.63) is 70.8 Å². The Labute approximate surface area is 176 Å². The highest BCUT2D eigenvalue weighted by Crippen LogP contribution is 2.40. The van der Waals surface area contributed by atoms with Gasteiger partial charge in [0.05, 0.1) is 12.0 Å². The molecule has 2 aromatic rings.